The summed E-state index contributed by atoms with van der Waals surface area (Å²) < 4.78 is 17.0. The molecule has 0 radical (unpaired) electrons. The number of nitrogens with zero attached hydrogens (tertiary/aromatic N) is 3. The van der Waals surface area contributed by atoms with E-state index in [1.54, 1.807) is 19.3 Å². The number of aromatic nitrogens is 2. The van der Waals surface area contributed by atoms with Crippen LogP contribution >= 0.6 is 0 Å². The van der Waals surface area contributed by atoms with Gasteiger partial charge in [0.05, 0.1) is 24.6 Å². The van der Waals surface area contributed by atoms with Gasteiger partial charge < -0.3 is 18.8 Å². The van der Waals surface area contributed by atoms with Gasteiger partial charge in [0.25, 0.3) is 5.91 Å². The smallest absolute Gasteiger partial charge is 0.291 e. The Balaban J connectivity index is 1.29. The van der Waals surface area contributed by atoms with E-state index in [0.29, 0.717) is 18.1 Å². The van der Waals surface area contributed by atoms with Gasteiger partial charge in [0.1, 0.15) is 12.4 Å². The molecular weight excluding hydrogens is 334 g/mol. The van der Waals surface area contributed by atoms with E-state index in [1.807, 2.05) is 17.0 Å². The van der Waals surface area contributed by atoms with Gasteiger partial charge in [0, 0.05) is 19.3 Å². The van der Waals surface area contributed by atoms with E-state index in [0.717, 1.165) is 44.7 Å². The van der Waals surface area contributed by atoms with Crippen LogP contribution in [0.1, 0.15) is 35.5 Å². The number of hydrogen-bond acceptors (Lipinski definition) is 6. The van der Waals surface area contributed by atoms with E-state index in [2.05, 4.69) is 9.97 Å². The molecule has 7 nitrogen and oxygen atoms in total. The molecule has 4 rings (SSSR count). The van der Waals surface area contributed by atoms with Crippen molar-refractivity contribution >= 4 is 5.91 Å². The lowest BCUT2D eigenvalue weighted by Crippen LogP contribution is -2.43. The monoisotopic (exact) mass is 357 g/mol. The zero-order valence-corrected chi connectivity index (χ0v) is 14.9. The van der Waals surface area contributed by atoms with Crippen LogP contribution in [-0.2, 0) is 4.74 Å². The van der Waals surface area contributed by atoms with Crippen molar-refractivity contribution in [1.82, 2.24) is 14.9 Å². The van der Waals surface area contributed by atoms with E-state index >= 15 is 0 Å². The summed E-state index contributed by atoms with van der Waals surface area (Å²) in [7, 11) is 0. The lowest BCUT2D eigenvalue weighted by atomic mass is 9.76. The second kappa shape index (κ2) is 7.07. The molecule has 7 heteroatoms. The lowest BCUT2D eigenvalue weighted by Gasteiger charge is -2.38. The van der Waals surface area contributed by atoms with Crippen molar-refractivity contribution in [3.05, 3.63) is 42.4 Å². The average Bonchev–Trinajstić information content (AvgIpc) is 3.27. The molecule has 2 saturated heterocycles. The summed E-state index contributed by atoms with van der Waals surface area (Å²) in [5.41, 5.74) is 0.794. The molecule has 2 aliphatic heterocycles. The van der Waals surface area contributed by atoms with Crippen LogP contribution in [0.2, 0.25) is 0 Å². The van der Waals surface area contributed by atoms with Gasteiger partial charge in [0.2, 0.25) is 5.76 Å². The van der Waals surface area contributed by atoms with Crippen molar-refractivity contribution in [1.29, 1.82) is 0 Å². The molecule has 1 atom stereocenters. The Morgan fingerprint density at radius 2 is 2.27 bits per heavy atom. The highest BCUT2D eigenvalue weighted by Gasteiger charge is 2.43. The molecule has 2 fully saturated rings. The molecule has 2 aromatic rings. The largest absolute Gasteiger partial charge is 0.489 e. The average molecular weight is 357 g/mol. The lowest BCUT2D eigenvalue weighted by molar-refractivity contribution is 0.0413. The molecule has 26 heavy (non-hydrogen) atoms. The third kappa shape index (κ3) is 3.44. The predicted octanol–water partition coefficient (Wildman–Crippen LogP) is 2.47. The first kappa shape index (κ1) is 17.0. The van der Waals surface area contributed by atoms with Crippen LogP contribution in [0.15, 0.2) is 35.3 Å². The third-order valence-corrected chi connectivity index (χ3v) is 5.41. The number of aryl methyl sites for hydroxylation is 1. The number of rotatable bonds is 4. The zero-order valence-electron chi connectivity index (χ0n) is 14.9. The first-order valence-electron chi connectivity index (χ1n) is 8.99. The minimum atomic E-state index is -0.0646. The van der Waals surface area contributed by atoms with Crippen LogP contribution < -0.4 is 4.74 Å². The van der Waals surface area contributed by atoms with Crippen LogP contribution in [-0.4, -0.2) is 53.2 Å². The first-order chi connectivity index (χ1) is 12.7. The van der Waals surface area contributed by atoms with Crippen LogP contribution in [0.4, 0.5) is 0 Å². The molecule has 4 heterocycles. The molecule has 0 aliphatic carbocycles. The van der Waals surface area contributed by atoms with Crippen molar-refractivity contribution in [2.45, 2.75) is 32.3 Å². The first-order valence-corrected chi connectivity index (χ1v) is 8.99. The van der Waals surface area contributed by atoms with Crippen molar-refractivity contribution in [2.24, 2.45) is 5.41 Å². The van der Waals surface area contributed by atoms with Crippen LogP contribution in [0.3, 0.4) is 0 Å². The van der Waals surface area contributed by atoms with Crippen molar-refractivity contribution in [3.8, 4) is 5.75 Å². The molecule has 0 aromatic carbocycles. The Labute approximate surface area is 152 Å². The quantitative estimate of drug-likeness (QED) is 0.836. The van der Waals surface area contributed by atoms with Gasteiger partial charge in [-0.25, -0.2) is 4.98 Å². The Morgan fingerprint density at radius 3 is 2.96 bits per heavy atom. The molecule has 2 aromatic heterocycles. The summed E-state index contributed by atoms with van der Waals surface area (Å²) in [5.74, 6) is 1.05. The van der Waals surface area contributed by atoms with Gasteiger partial charge >= 0.3 is 0 Å². The van der Waals surface area contributed by atoms with E-state index in [9.17, 15) is 4.79 Å². The summed E-state index contributed by atoms with van der Waals surface area (Å²) in [5, 5.41) is 0. The highest BCUT2D eigenvalue weighted by molar-refractivity contribution is 5.92. The molecule has 1 amide bonds. The molecule has 1 spiro atoms. The standard InChI is InChI=1S/C19H23N3O4/c1-14-17(26-13-21-14)18(23)22-7-4-19(5-8-22)9-16(25-12-19)11-24-15-3-2-6-20-10-15/h2-3,6,10,13,16H,4-5,7-9,11-12H2,1H3/t16-/m0/s1. The number of amides is 1. The molecule has 0 N–H and O–H groups in total. The Kier molecular flexibility index (Phi) is 4.63. The minimum absolute atomic E-state index is 0.0646. The number of carbonyl (C=O) groups is 1. The van der Waals surface area contributed by atoms with Crippen molar-refractivity contribution in [3.63, 3.8) is 0 Å². The second-order valence-corrected chi connectivity index (χ2v) is 7.20. The van der Waals surface area contributed by atoms with E-state index in [-0.39, 0.29) is 17.4 Å². The van der Waals surface area contributed by atoms with Crippen LogP contribution in [0.5, 0.6) is 5.75 Å². The maximum absolute atomic E-state index is 12.5. The number of hydrogen-bond donors (Lipinski definition) is 0. The fraction of sp³-hybridized carbons (Fsp3) is 0.526. The molecule has 0 bridgehead atoms. The van der Waals surface area contributed by atoms with E-state index < -0.39 is 0 Å². The highest BCUT2D eigenvalue weighted by atomic mass is 16.5. The number of pyridine rings is 1. The molecule has 138 valence electrons. The summed E-state index contributed by atoms with van der Waals surface area (Å²) in [6.45, 7) is 4.50. The zero-order chi connectivity index (χ0) is 18.0. The third-order valence-electron chi connectivity index (χ3n) is 5.41. The fourth-order valence-corrected chi connectivity index (χ4v) is 3.81. The molecule has 0 saturated carbocycles. The number of oxazole rings is 1. The Hall–Kier alpha value is -2.41. The molecular formula is C19H23N3O4. The number of ether oxygens (including phenoxy) is 2. The molecule has 2 aliphatic rings. The van der Waals surface area contributed by atoms with E-state index in [1.165, 1.54) is 6.39 Å². The second-order valence-electron chi connectivity index (χ2n) is 7.20. The van der Waals surface area contributed by atoms with Crippen molar-refractivity contribution in [2.75, 3.05) is 26.3 Å². The van der Waals surface area contributed by atoms with Crippen molar-refractivity contribution < 1.29 is 18.7 Å². The maximum Gasteiger partial charge on any atom is 0.291 e. The summed E-state index contributed by atoms with van der Waals surface area (Å²) in [6.07, 6.45) is 7.70. The highest BCUT2D eigenvalue weighted by Crippen LogP contribution is 2.42. The normalized spacial score (nSPS) is 21.9. The SMILES string of the molecule is Cc1ncoc1C(=O)N1CCC2(CC1)CO[C@H](COc1cccnc1)C2. The Bertz CT molecular complexity index is 753. The van der Waals surface area contributed by atoms with Gasteiger partial charge in [0.15, 0.2) is 6.39 Å². The number of carbonyl (C=O) groups excluding carboxylic acids is 1. The van der Waals surface area contributed by atoms with Gasteiger partial charge in [-0.15, -0.1) is 0 Å². The van der Waals surface area contributed by atoms with Crippen LogP contribution in [0, 0.1) is 12.3 Å². The Morgan fingerprint density at radius 1 is 1.42 bits per heavy atom. The summed E-state index contributed by atoms with van der Waals surface area (Å²) in [6, 6.07) is 3.75. The number of piperidine rings is 1. The number of likely N-dealkylation sites (tertiary alicyclic amines) is 1. The van der Waals surface area contributed by atoms with Gasteiger partial charge in [-0.2, -0.15) is 0 Å². The van der Waals surface area contributed by atoms with Gasteiger partial charge in [-0.1, -0.05) is 0 Å². The van der Waals surface area contributed by atoms with Gasteiger partial charge in [-0.05, 0) is 43.7 Å². The van der Waals surface area contributed by atoms with Gasteiger partial charge in [-0.3, -0.25) is 9.78 Å². The summed E-state index contributed by atoms with van der Waals surface area (Å²) in [4.78, 5) is 22.5. The maximum atomic E-state index is 12.5. The predicted molar refractivity (Wildman–Crippen MR) is 92.9 cm³/mol. The molecule has 0 unspecified atom stereocenters. The summed E-state index contributed by atoms with van der Waals surface area (Å²) >= 11 is 0. The van der Waals surface area contributed by atoms with Crippen LogP contribution in [0.25, 0.3) is 0 Å². The fourth-order valence-electron chi connectivity index (χ4n) is 3.81. The minimum Gasteiger partial charge on any atom is -0.489 e. The van der Waals surface area contributed by atoms with E-state index in [4.69, 9.17) is 13.9 Å². The topological polar surface area (TPSA) is 77.7 Å².